The van der Waals surface area contributed by atoms with Gasteiger partial charge in [-0.25, -0.2) is 0 Å². The van der Waals surface area contributed by atoms with Crippen LogP contribution < -0.4 is 5.32 Å². The maximum absolute atomic E-state index is 5.35. The standard InChI is InChI=1S/C13H23N3O2/c1-10(9-16-4-6-17-7-5-16)14-8-13-11(2)15-18-12(13)3/h10,14H,4-9H2,1-3H3. The number of nitrogens with one attached hydrogen (secondary N) is 1. The van der Waals surface area contributed by atoms with Crippen molar-refractivity contribution in [1.82, 2.24) is 15.4 Å². The molecule has 0 amide bonds. The zero-order chi connectivity index (χ0) is 13.0. The Hall–Kier alpha value is -0.910. The lowest BCUT2D eigenvalue weighted by molar-refractivity contribution is 0.0343. The number of hydrogen-bond donors (Lipinski definition) is 1. The number of rotatable bonds is 5. The molecular formula is C13H23N3O2. The van der Waals surface area contributed by atoms with Crippen molar-refractivity contribution in [2.24, 2.45) is 0 Å². The molecule has 0 saturated carbocycles. The van der Waals surface area contributed by atoms with E-state index < -0.39 is 0 Å². The van der Waals surface area contributed by atoms with E-state index in [0.29, 0.717) is 6.04 Å². The summed E-state index contributed by atoms with van der Waals surface area (Å²) < 4.78 is 10.5. The predicted molar refractivity (Wildman–Crippen MR) is 69.5 cm³/mol. The van der Waals surface area contributed by atoms with Crippen molar-refractivity contribution in [3.8, 4) is 0 Å². The Labute approximate surface area is 108 Å². The van der Waals surface area contributed by atoms with Crippen LogP contribution in [-0.2, 0) is 11.3 Å². The maximum atomic E-state index is 5.35. The highest BCUT2D eigenvalue weighted by Crippen LogP contribution is 2.11. The van der Waals surface area contributed by atoms with Crippen molar-refractivity contribution in [1.29, 1.82) is 0 Å². The fourth-order valence-electron chi connectivity index (χ4n) is 2.27. The second-order valence-electron chi connectivity index (χ2n) is 5.00. The van der Waals surface area contributed by atoms with Crippen molar-refractivity contribution in [3.05, 3.63) is 17.0 Å². The van der Waals surface area contributed by atoms with E-state index >= 15 is 0 Å². The molecule has 1 aliphatic heterocycles. The van der Waals surface area contributed by atoms with Crippen molar-refractivity contribution < 1.29 is 9.26 Å². The quantitative estimate of drug-likeness (QED) is 0.851. The predicted octanol–water partition coefficient (Wildman–Crippen LogP) is 1.10. The lowest BCUT2D eigenvalue weighted by atomic mass is 10.2. The zero-order valence-corrected chi connectivity index (χ0v) is 11.5. The van der Waals surface area contributed by atoms with Crippen LogP contribution in [0.1, 0.15) is 23.9 Å². The van der Waals surface area contributed by atoms with Gasteiger partial charge in [0.25, 0.3) is 0 Å². The smallest absolute Gasteiger partial charge is 0.138 e. The van der Waals surface area contributed by atoms with E-state index in [9.17, 15) is 0 Å². The molecule has 5 nitrogen and oxygen atoms in total. The van der Waals surface area contributed by atoms with E-state index in [4.69, 9.17) is 9.26 Å². The van der Waals surface area contributed by atoms with E-state index in [1.54, 1.807) is 0 Å². The Morgan fingerprint density at radius 2 is 2.06 bits per heavy atom. The molecule has 5 heteroatoms. The average molecular weight is 253 g/mol. The Balaban J connectivity index is 1.75. The summed E-state index contributed by atoms with van der Waals surface area (Å²) in [5.74, 6) is 0.915. The van der Waals surface area contributed by atoms with Crippen LogP contribution in [0.4, 0.5) is 0 Å². The van der Waals surface area contributed by atoms with Gasteiger partial charge in [0.1, 0.15) is 5.76 Å². The Morgan fingerprint density at radius 1 is 1.33 bits per heavy atom. The summed E-state index contributed by atoms with van der Waals surface area (Å²) in [6.07, 6.45) is 0. The molecule has 0 aromatic carbocycles. The number of nitrogens with zero attached hydrogens (tertiary/aromatic N) is 2. The third-order valence-corrected chi connectivity index (χ3v) is 3.44. The van der Waals surface area contributed by atoms with Gasteiger partial charge < -0.3 is 14.6 Å². The Bertz CT molecular complexity index is 353. The third-order valence-electron chi connectivity index (χ3n) is 3.44. The minimum atomic E-state index is 0.455. The van der Waals surface area contributed by atoms with Crippen LogP contribution in [-0.4, -0.2) is 48.9 Å². The molecule has 1 saturated heterocycles. The van der Waals surface area contributed by atoms with Gasteiger partial charge >= 0.3 is 0 Å². The van der Waals surface area contributed by atoms with E-state index in [0.717, 1.165) is 50.8 Å². The molecule has 102 valence electrons. The topological polar surface area (TPSA) is 50.5 Å². The maximum Gasteiger partial charge on any atom is 0.138 e. The minimum absolute atomic E-state index is 0.455. The SMILES string of the molecule is Cc1noc(C)c1CNC(C)CN1CCOCC1. The fraction of sp³-hybridized carbons (Fsp3) is 0.769. The van der Waals surface area contributed by atoms with Gasteiger partial charge in [-0.2, -0.15) is 0 Å². The van der Waals surface area contributed by atoms with Gasteiger partial charge in [0.05, 0.1) is 18.9 Å². The number of aromatic nitrogens is 1. The lowest BCUT2D eigenvalue weighted by Gasteiger charge is -2.29. The fourth-order valence-corrected chi connectivity index (χ4v) is 2.27. The summed E-state index contributed by atoms with van der Waals surface area (Å²) in [5.41, 5.74) is 2.17. The highest BCUT2D eigenvalue weighted by molar-refractivity contribution is 5.20. The third kappa shape index (κ3) is 3.54. The van der Waals surface area contributed by atoms with Gasteiger partial charge in [0, 0.05) is 37.8 Å². The Morgan fingerprint density at radius 3 is 2.67 bits per heavy atom. The molecule has 0 bridgehead atoms. The summed E-state index contributed by atoms with van der Waals surface area (Å²) in [6.45, 7) is 11.8. The van der Waals surface area contributed by atoms with Crippen LogP contribution in [0.25, 0.3) is 0 Å². The molecule has 2 heterocycles. The van der Waals surface area contributed by atoms with Gasteiger partial charge in [-0.15, -0.1) is 0 Å². The average Bonchev–Trinajstić information content (AvgIpc) is 2.68. The molecule has 0 spiro atoms. The zero-order valence-electron chi connectivity index (χ0n) is 11.5. The number of hydrogen-bond acceptors (Lipinski definition) is 5. The molecule has 18 heavy (non-hydrogen) atoms. The molecule has 0 aliphatic carbocycles. The normalized spacial score (nSPS) is 19.1. The van der Waals surface area contributed by atoms with Crippen LogP contribution >= 0.6 is 0 Å². The van der Waals surface area contributed by atoms with E-state index in [1.165, 1.54) is 5.56 Å². The first-order valence-electron chi connectivity index (χ1n) is 6.62. The Kier molecular flexibility index (Phi) is 4.74. The summed E-state index contributed by atoms with van der Waals surface area (Å²) in [7, 11) is 0. The first kappa shape index (κ1) is 13.5. The van der Waals surface area contributed by atoms with Gasteiger partial charge in [-0.1, -0.05) is 5.16 Å². The summed E-state index contributed by atoms with van der Waals surface area (Å²) in [6, 6.07) is 0.455. The molecule has 1 fully saturated rings. The van der Waals surface area contributed by atoms with Crippen molar-refractivity contribution in [3.63, 3.8) is 0 Å². The molecule has 0 radical (unpaired) electrons. The molecule has 1 atom stereocenters. The van der Waals surface area contributed by atoms with Gasteiger partial charge in [0.15, 0.2) is 0 Å². The van der Waals surface area contributed by atoms with E-state index in [2.05, 4.69) is 22.3 Å². The molecule has 2 rings (SSSR count). The number of morpholine rings is 1. The highest BCUT2D eigenvalue weighted by atomic mass is 16.5. The second kappa shape index (κ2) is 6.31. The van der Waals surface area contributed by atoms with E-state index in [-0.39, 0.29) is 0 Å². The van der Waals surface area contributed by atoms with Gasteiger partial charge in [0.2, 0.25) is 0 Å². The van der Waals surface area contributed by atoms with Crippen LogP contribution in [0, 0.1) is 13.8 Å². The van der Waals surface area contributed by atoms with Crippen LogP contribution in [0.5, 0.6) is 0 Å². The number of aryl methyl sites for hydroxylation is 2. The first-order valence-corrected chi connectivity index (χ1v) is 6.62. The second-order valence-corrected chi connectivity index (χ2v) is 5.00. The largest absolute Gasteiger partial charge is 0.379 e. The lowest BCUT2D eigenvalue weighted by Crippen LogP contribution is -2.44. The molecule has 1 aromatic heterocycles. The van der Waals surface area contributed by atoms with Gasteiger partial charge in [-0.3, -0.25) is 4.90 Å². The van der Waals surface area contributed by atoms with Crippen molar-refractivity contribution in [2.75, 3.05) is 32.8 Å². The highest BCUT2D eigenvalue weighted by Gasteiger charge is 2.14. The van der Waals surface area contributed by atoms with Crippen LogP contribution in [0.2, 0.25) is 0 Å². The van der Waals surface area contributed by atoms with E-state index in [1.807, 2.05) is 13.8 Å². The monoisotopic (exact) mass is 253 g/mol. The summed E-state index contributed by atoms with van der Waals surface area (Å²) in [4.78, 5) is 2.44. The molecule has 1 aliphatic rings. The summed E-state index contributed by atoms with van der Waals surface area (Å²) in [5, 5.41) is 7.50. The van der Waals surface area contributed by atoms with Crippen LogP contribution in [0.3, 0.4) is 0 Å². The molecule has 1 N–H and O–H groups in total. The molecule has 1 unspecified atom stereocenters. The molecule has 1 aromatic rings. The summed E-state index contributed by atoms with van der Waals surface area (Å²) >= 11 is 0. The molecular weight excluding hydrogens is 230 g/mol. The van der Waals surface area contributed by atoms with Crippen molar-refractivity contribution >= 4 is 0 Å². The van der Waals surface area contributed by atoms with Gasteiger partial charge in [-0.05, 0) is 20.8 Å². The first-order chi connectivity index (χ1) is 8.66. The van der Waals surface area contributed by atoms with Crippen molar-refractivity contribution in [2.45, 2.75) is 33.4 Å². The number of ether oxygens (including phenoxy) is 1. The van der Waals surface area contributed by atoms with Crippen LogP contribution in [0.15, 0.2) is 4.52 Å². The minimum Gasteiger partial charge on any atom is -0.379 e.